The van der Waals surface area contributed by atoms with E-state index >= 15 is 0 Å². The Bertz CT molecular complexity index is 708. The van der Waals surface area contributed by atoms with Crippen molar-refractivity contribution < 1.29 is 25.2 Å². The van der Waals surface area contributed by atoms with Crippen LogP contribution in [0.25, 0.3) is 0 Å². The molecule has 0 atom stereocenters. The predicted molar refractivity (Wildman–Crippen MR) is 93.1 cm³/mol. The van der Waals surface area contributed by atoms with E-state index < -0.39 is 0 Å². The summed E-state index contributed by atoms with van der Waals surface area (Å²) in [5.41, 5.74) is 2.17. The summed E-state index contributed by atoms with van der Waals surface area (Å²) in [5.74, 6) is -0.942. The molecule has 0 heterocycles. The van der Waals surface area contributed by atoms with Crippen molar-refractivity contribution in [3.63, 3.8) is 0 Å². The van der Waals surface area contributed by atoms with E-state index in [2.05, 4.69) is 31.9 Å². The van der Waals surface area contributed by atoms with Gasteiger partial charge in [0.05, 0.1) is 15.6 Å². The van der Waals surface area contributed by atoms with Crippen LogP contribution in [0.5, 0.6) is 23.0 Å². The molecule has 23 heavy (non-hydrogen) atoms. The molecule has 2 aromatic rings. The van der Waals surface area contributed by atoms with Gasteiger partial charge in [-0.1, -0.05) is 0 Å². The number of rotatable bonds is 5. The first-order valence-corrected chi connectivity index (χ1v) is 8.44. The first-order valence-electron chi connectivity index (χ1n) is 6.85. The summed E-state index contributed by atoms with van der Waals surface area (Å²) >= 11 is 6.47. The average molecular weight is 448 g/mol. The van der Waals surface area contributed by atoms with Crippen molar-refractivity contribution in [2.24, 2.45) is 0 Å². The molecule has 0 aliphatic rings. The standard InChI is InChI=1S/C16H16Br2O5/c1-2-23-7-9-6-13(20)16(22)14(18)10(9)3-8-4-11(17)15(21)12(19)5-8/h4-6,19-22H,2-3,7H2,1H3. The Hall–Kier alpha value is -1.44. The Balaban J connectivity index is 2.47. The molecule has 0 aliphatic carbocycles. The SMILES string of the molecule is CCOCc1cc(O)c(O)c(Br)c1Cc1cc(O)c(O)c(Br)c1. The Labute approximate surface area is 150 Å². The van der Waals surface area contributed by atoms with Crippen LogP contribution in [-0.2, 0) is 17.8 Å². The molecule has 0 bridgehead atoms. The van der Waals surface area contributed by atoms with Crippen LogP contribution in [0.4, 0.5) is 0 Å². The van der Waals surface area contributed by atoms with Crippen LogP contribution in [0.1, 0.15) is 23.6 Å². The summed E-state index contributed by atoms with van der Waals surface area (Å²) < 4.78 is 6.15. The molecule has 4 N–H and O–H groups in total. The van der Waals surface area contributed by atoms with Gasteiger partial charge in [0.15, 0.2) is 23.0 Å². The molecule has 2 rings (SSSR count). The topological polar surface area (TPSA) is 90.2 Å². The van der Waals surface area contributed by atoms with Crippen LogP contribution in [0.3, 0.4) is 0 Å². The number of benzene rings is 2. The van der Waals surface area contributed by atoms with Gasteiger partial charge in [-0.2, -0.15) is 0 Å². The molecule has 0 unspecified atom stereocenters. The van der Waals surface area contributed by atoms with Gasteiger partial charge in [-0.25, -0.2) is 0 Å². The first-order chi connectivity index (χ1) is 10.8. The lowest BCUT2D eigenvalue weighted by Crippen LogP contribution is -2.01. The summed E-state index contributed by atoms with van der Waals surface area (Å²) in [4.78, 5) is 0. The molecule has 0 radical (unpaired) electrons. The number of halogens is 2. The third kappa shape index (κ3) is 3.91. The number of ether oxygens (including phenoxy) is 1. The van der Waals surface area contributed by atoms with Gasteiger partial charge in [-0.05, 0) is 80.1 Å². The maximum absolute atomic E-state index is 9.93. The van der Waals surface area contributed by atoms with Gasteiger partial charge in [0.2, 0.25) is 0 Å². The molecule has 2 aromatic carbocycles. The molecular formula is C16H16Br2O5. The van der Waals surface area contributed by atoms with E-state index in [0.29, 0.717) is 22.0 Å². The van der Waals surface area contributed by atoms with Crippen LogP contribution < -0.4 is 0 Å². The summed E-state index contributed by atoms with van der Waals surface area (Å²) in [5, 5.41) is 39.0. The van der Waals surface area contributed by atoms with Crippen LogP contribution in [0.2, 0.25) is 0 Å². The summed E-state index contributed by atoms with van der Waals surface area (Å²) in [7, 11) is 0. The fraction of sp³-hybridized carbons (Fsp3) is 0.250. The van der Waals surface area contributed by atoms with Crippen LogP contribution >= 0.6 is 31.9 Å². The van der Waals surface area contributed by atoms with Gasteiger partial charge in [-0.3, -0.25) is 0 Å². The largest absolute Gasteiger partial charge is 0.504 e. The number of hydrogen-bond acceptors (Lipinski definition) is 5. The zero-order valence-electron chi connectivity index (χ0n) is 12.3. The zero-order chi connectivity index (χ0) is 17.1. The van der Waals surface area contributed by atoms with Gasteiger partial charge < -0.3 is 25.2 Å². The van der Waals surface area contributed by atoms with Gasteiger partial charge >= 0.3 is 0 Å². The third-order valence-corrected chi connectivity index (χ3v) is 4.82. The molecular weight excluding hydrogens is 432 g/mol. The van der Waals surface area contributed by atoms with Crippen LogP contribution in [0, 0.1) is 0 Å². The Morgan fingerprint density at radius 3 is 2.22 bits per heavy atom. The normalized spacial score (nSPS) is 10.9. The fourth-order valence-corrected chi connectivity index (χ4v) is 3.29. The third-order valence-electron chi connectivity index (χ3n) is 3.36. The van der Waals surface area contributed by atoms with Crippen molar-refractivity contribution in [1.82, 2.24) is 0 Å². The van der Waals surface area contributed by atoms with Crippen molar-refractivity contribution >= 4 is 31.9 Å². The highest BCUT2D eigenvalue weighted by molar-refractivity contribution is 9.11. The second-order valence-electron chi connectivity index (χ2n) is 4.96. The van der Waals surface area contributed by atoms with Crippen LogP contribution in [-0.4, -0.2) is 27.0 Å². The second-order valence-corrected chi connectivity index (χ2v) is 6.60. The van der Waals surface area contributed by atoms with E-state index in [4.69, 9.17) is 4.74 Å². The molecule has 0 spiro atoms. The Morgan fingerprint density at radius 1 is 0.957 bits per heavy atom. The lowest BCUT2D eigenvalue weighted by molar-refractivity contribution is 0.133. The van der Waals surface area contributed by atoms with E-state index in [-0.39, 0.29) is 29.6 Å². The second kappa shape index (κ2) is 7.42. The lowest BCUT2D eigenvalue weighted by atomic mass is 9.99. The molecule has 0 fully saturated rings. The highest BCUT2D eigenvalue weighted by Crippen LogP contribution is 2.41. The minimum absolute atomic E-state index is 0.226. The molecule has 0 saturated heterocycles. The number of phenols is 4. The fourth-order valence-electron chi connectivity index (χ4n) is 2.19. The first kappa shape index (κ1) is 17.9. The maximum Gasteiger partial charge on any atom is 0.172 e. The number of hydrogen-bond donors (Lipinski definition) is 4. The molecule has 124 valence electrons. The minimum atomic E-state index is -0.248. The predicted octanol–water partition coefficient (Wildman–Crippen LogP) is 4.16. The summed E-state index contributed by atoms with van der Waals surface area (Å²) in [6.45, 7) is 2.66. The van der Waals surface area contributed by atoms with Gasteiger partial charge in [0, 0.05) is 6.61 Å². The summed E-state index contributed by atoms with van der Waals surface area (Å²) in [6, 6.07) is 4.58. The molecule has 0 saturated carbocycles. The van der Waals surface area contributed by atoms with Crippen molar-refractivity contribution in [2.75, 3.05) is 6.61 Å². The van der Waals surface area contributed by atoms with Gasteiger partial charge in [0.1, 0.15) is 0 Å². The molecule has 0 amide bonds. The molecule has 7 heteroatoms. The minimum Gasteiger partial charge on any atom is -0.504 e. The van der Waals surface area contributed by atoms with E-state index in [1.165, 1.54) is 12.1 Å². The average Bonchev–Trinajstić information content (AvgIpc) is 2.51. The van der Waals surface area contributed by atoms with Crippen molar-refractivity contribution in [3.05, 3.63) is 43.8 Å². The van der Waals surface area contributed by atoms with Crippen molar-refractivity contribution in [1.29, 1.82) is 0 Å². The Morgan fingerprint density at radius 2 is 1.61 bits per heavy atom. The zero-order valence-corrected chi connectivity index (χ0v) is 15.5. The maximum atomic E-state index is 9.93. The van der Waals surface area contributed by atoms with E-state index in [9.17, 15) is 20.4 Å². The van der Waals surface area contributed by atoms with E-state index in [0.717, 1.165) is 16.7 Å². The van der Waals surface area contributed by atoms with E-state index in [1.54, 1.807) is 6.07 Å². The number of phenolic OH excluding ortho intramolecular Hbond substituents is 4. The quantitative estimate of drug-likeness (QED) is 0.516. The van der Waals surface area contributed by atoms with Gasteiger partial charge in [-0.15, -0.1) is 0 Å². The molecule has 0 aromatic heterocycles. The highest BCUT2D eigenvalue weighted by atomic mass is 79.9. The molecule has 0 aliphatic heterocycles. The smallest absolute Gasteiger partial charge is 0.172 e. The van der Waals surface area contributed by atoms with Crippen molar-refractivity contribution in [3.8, 4) is 23.0 Å². The number of aromatic hydroxyl groups is 4. The molecule has 5 nitrogen and oxygen atoms in total. The van der Waals surface area contributed by atoms with Gasteiger partial charge in [0.25, 0.3) is 0 Å². The van der Waals surface area contributed by atoms with E-state index in [1.807, 2.05) is 6.92 Å². The Kier molecular flexibility index (Phi) is 5.78. The van der Waals surface area contributed by atoms with Crippen LogP contribution in [0.15, 0.2) is 27.1 Å². The highest BCUT2D eigenvalue weighted by Gasteiger charge is 2.17. The summed E-state index contributed by atoms with van der Waals surface area (Å²) in [6.07, 6.45) is 0.364. The monoisotopic (exact) mass is 446 g/mol. The lowest BCUT2D eigenvalue weighted by Gasteiger charge is -2.15. The van der Waals surface area contributed by atoms with Crippen molar-refractivity contribution in [2.45, 2.75) is 20.0 Å².